The molecule has 0 unspecified atom stereocenters. The number of aliphatic carboxylic acids is 1. The van der Waals surface area contributed by atoms with E-state index in [9.17, 15) is 18.0 Å². The minimum absolute atomic E-state index is 0.0110. The fourth-order valence-corrected chi connectivity index (χ4v) is 3.11. The third kappa shape index (κ3) is 6.02. The van der Waals surface area contributed by atoms with Crippen molar-refractivity contribution in [1.82, 2.24) is 4.90 Å². The number of benzene rings is 1. The van der Waals surface area contributed by atoms with E-state index in [0.29, 0.717) is 12.1 Å². The van der Waals surface area contributed by atoms with Crippen molar-refractivity contribution in [2.24, 2.45) is 5.92 Å². The Morgan fingerprint density at radius 2 is 1.91 bits per heavy atom. The van der Waals surface area contributed by atoms with Gasteiger partial charge in [-0.2, -0.15) is 0 Å². The topological polar surface area (TPSA) is 91.8 Å². The Bertz CT molecular complexity index is 667. The van der Waals surface area contributed by atoms with Crippen LogP contribution in [0.15, 0.2) is 29.2 Å². The van der Waals surface area contributed by atoms with E-state index in [-0.39, 0.29) is 35.4 Å². The summed E-state index contributed by atoms with van der Waals surface area (Å²) in [5.41, 5.74) is 0.559. The van der Waals surface area contributed by atoms with E-state index in [1.165, 1.54) is 17.0 Å². The summed E-state index contributed by atoms with van der Waals surface area (Å²) in [4.78, 5) is 24.7. The quantitative estimate of drug-likeness (QED) is 0.775. The van der Waals surface area contributed by atoms with Gasteiger partial charge in [0.15, 0.2) is 9.84 Å². The van der Waals surface area contributed by atoms with Crippen LogP contribution >= 0.6 is 0 Å². The zero-order valence-electron chi connectivity index (χ0n) is 13.7. The van der Waals surface area contributed by atoms with Crippen LogP contribution in [0.1, 0.15) is 26.3 Å². The van der Waals surface area contributed by atoms with Crippen LogP contribution in [-0.2, 0) is 25.8 Å². The SMILES string of the molecule is CCS(=O)(=O)c1cccc(CC(=O)N(CC(=O)O)CC(C)C)c1. The monoisotopic (exact) mass is 341 g/mol. The second-order valence-corrected chi connectivity index (χ2v) is 8.07. The first-order chi connectivity index (χ1) is 10.7. The van der Waals surface area contributed by atoms with Gasteiger partial charge in [0.25, 0.3) is 0 Å². The van der Waals surface area contributed by atoms with Gasteiger partial charge in [-0.3, -0.25) is 9.59 Å². The number of sulfone groups is 1. The molecule has 6 nitrogen and oxygen atoms in total. The lowest BCUT2D eigenvalue weighted by Gasteiger charge is -2.22. The van der Waals surface area contributed by atoms with Crippen LogP contribution in [0.4, 0.5) is 0 Å². The van der Waals surface area contributed by atoms with Gasteiger partial charge in [0, 0.05) is 6.54 Å². The van der Waals surface area contributed by atoms with Crippen molar-refractivity contribution in [3.8, 4) is 0 Å². The molecule has 7 heteroatoms. The fraction of sp³-hybridized carbons (Fsp3) is 0.500. The maximum absolute atomic E-state index is 12.3. The normalized spacial score (nSPS) is 11.5. The second-order valence-electron chi connectivity index (χ2n) is 5.79. The molecule has 128 valence electrons. The Morgan fingerprint density at radius 1 is 1.26 bits per heavy atom. The Labute approximate surface area is 137 Å². The van der Waals surface area contributed by atoms with Gasteiger partial charge in [-0.25, -0.2) is 8.42 Å². The molecule has 0 atom stereocenters. The average molecular weight is 341 g/mol. The first-order valence-electron chi connectivity index (χ1n) is 7.47. The maximum atomic E-state index is 12.3. The van der Waals surface area contributed by atoms with Gasteiger partial charge in [0.05, 0.1) is 17.1 Å². The summed E-state index contributed by atoms with van der Waals surface area (Å²) in [6.07, 6.45) is -0.0208. The van der Waals surface area contributed by atoms with E-state index in [1.807, 2.05) is 13.8 Å². The highest BCUT2D eigenvalue weighted by Gasteiger charge is 2.19. The van der Waals surface area contributed by atoms with Crippen LogP contribution in [0.25, 0.3) is 0 Å². The van der Waals surface area contributed by atoms with E-state index < -0.39 is 15.8 Å². The highest BCUT2D eigenvalue weighted by atomic mass is 32.2. The van der Waals surface area contributed by atoms with E-state index in [1.54, 1.807) is 19.1 Å². The van der Waals surface area contributed by atoms with Crippen molar-refractivity contribution >= 4 is 21.7 Å². The molecule has 0 bridgehead atoms. The van der Waals surface area contributed by atoms with Crippen LogP contribution in [0.5, 0.6) is 0 Å². The Balaban J connectivity index is 2.94. The lowest BCUT2D eigenvalue weighted by molar-refractivity contribution is -0.144. The summed E-state index contributed by atoms with van der Waals surface area (Å²) in [5, 5.41) is 8.92. The molecule has 1 rings (SSSR count). The Kier molecular flexibility index (Phi) is 6.75. The van der Waals surface area contributed by atoms with Crippen molar-refractivity contribution in [3.05, 3.63) is 29.8 Å². The number of carboxylic acids is 1. The average Bonchev–Trinajstić information content (AvgIpc) is 2.45. The smallest absolute Gasteiger partial charge is 0.323 e. The van der Waals surface area contributed by atoms with Gasteiger partial charge < -0.3 is 10.0 Å². The molecular formula is C16H23NO5S. The minimum atomic E-state index is -3.33. The predicted molar refractivity (Wildman–Crippen MR) is 86.9 cm³/mol. The highest BCUT2D eigenvalue weighted by Crippen LogP contribution is 2.14. The molecule has 1 aromatic carbocycles. The molecule has 23 heavy (non-hydrogen) atoms. The van der Waals surface area contributed by atoms with Gasteiger partial charge in [-0.15, -0.1) is 0 Å². The summed E-state index contributed by atoms with van der Waals surface area (Å²) >= 11 is 0. The molecule has 0 aliphatic rings. The summed E-state index contributed by atoms with van der Waals surface area (Å²) in [6, 6.07) is 6.23. The van der Waals surface area contributed by atoms with E-state index in [0.717, 1.165) is 0 Å². The van der Waals surface area contributed by atoms with Crippen LogP contribution in [0, 0.1) is 5.92 Å². The van der Waals surface area contributed by atoms with E-state index in [4.69, 9.17) is 5.11 Å². The van der Waals surface area contributed by atoms with Crippen molar-refractivity contribution in [1.29, 1.82) is 0 Å². The predicted octanol–water partition coefficient (Wildman–Crippen LogP) is 1.59. The number of nitrogens with zero attached hydrogens (tertiary/aromatic N) is 1. The summed E-state index contributed by atoms with van der Waals surface area (Å²) in [7, 11) is -3.33. The third-order valence-electron chi connectivity index (χ3n) is 3.26. The number of rotatable bonds is 8. The molecule has 0 aliphatic heterocycles. The summed E-state index contributed by atoms with van der Waals surface area (Å²) in [6.45, 7) is 5.35. The molecule has 0 radical (unpaired) electrons. The molecule has 0 spiro atoms. The molecule has 1 amide bonds. The number of carbonyl (C=O) groups is 2. The van der Waals surface area contributed by atoms with Crippen LogP contribution in [0.3, 0.4) is 0 Å². The van der Waals surface area contributed by atoms with Gasteiger partial charge in [0.1, 0.15) is 6.54 Å². The molecule has 1 aromatic rings. The van der Waals surface area contributed by atoms with Gasteiger partial charge >= 0.3 is 5.97 Å². The second kappa shape index (κ2) is 8.10. The number of carbonyl (C=O) groups excluding carboxylic acids is 1. The molecule has 0 aliphatic carbocycles. The van der Waals surface area contributed by atoms with Crippen molar-refractivity contribution in [2.45, 2.75) is 32.1 Å². The zero-order chi connectivity index (χ0) is 17.6. The highest BCUT2D eigenvalue weighted by molar-refractivity contribution is 7.91. The third-order valence-corrected chi connectivity index (χ3v) is 4.99. The molecule has 0 aromatic heterocycles. The zero-order valence-corrected chi connectivity index (χ0v) is 14.5. The van der Waals surface area contributed by atoms with E-state index >= 15 is 0 Å². The Morgan fingerprint density at radius 3 is 2.43 bits per heavy atom. The maximum Gasteiger partial charge on any atom is 0.323 e. The van der Waals surface area contributed by atoms with Gasteiger partial charge in [-0.1, -0.05) is 32.9 Å². The number of carboxylic acid groups (broad SMARTS) is 1. The van der Waals surface area contributed by atoms with Gasteiger partial charge in [-0.05, 0) is 23.6 Å². The van der Waals surface area contributed by atoms with Crippen LogP contribution in [-0.4, -0.2) is 49.1 Å². The summed E-state index contributed by atoms with van der Waals surface area (Å²) in [5.74, 6) is -1.26. The molecule has 0 heterocycles. The molecule has 0 saturated carbocycles. The van der Waals surface area contributed by atoms with Crippen molar-refractivity contribution in [2.75, 3.05) is 18.8 Å². The van der Waals surface area contributed by atoms with Crippen molar-refractivity contribution < 1.29 is 23.1 Å². The van der Waals surface area contributed by atoms with Gasteiger partial charge in [0.2, 0.25) is 5.91 Å². The first kappa shape index (κ1) is 19.2. The lowest BCUT2D eigenvalue weighted by atomic mass is 10.1. The number of hydrogen-bond donors (Lipinski definition) is 1. The first-order valence-corrected chi connectivity index (χ1v) is 9.12. The fourth-order valence-electron chi connectivity index (χ4n) is 2.16. The lowest BCUT2D eigenvalue weighted by Crippen LogP contribution is -2.39. The standard InChI is InChI=1S/C16H23NO5S/c1-4-23(21,22)14-7-5-6-13(8-14)9-15(18)17(10-12(2)3)11-16(19)20/h5-8,12H,4,9-11H2,1-3H3,(H,19,20). The van der Waals surface area contributed by atoms with Crippen molar-refractivity contribution in [3.63, 3.8) is 0 Å². The summed E-state index contributed by atoms with van der Waals surface area (Å²) < 4.78 is 23.8. The van der Waals surface area contributed by atoms with Crippen LogP contribution in [0.2, 0.25) is 0 Å². The molecule has 0 fully saturated rings. The Hall–Kier alpha value is -1.89. The molecule has 0 saturated heterocycles. The van der Waals surface area contributed by atoms with E-state index in [2.05, 4.69) is 0 Å². The largest absolute Gasteiger partial charge is 0.480 e. The molecule has 1 N–H and O–H groups in total. The number of amides is 1. The minimum Gasteiger partial charge on any atom is -0.480 e. The van der Waals surface area contributed by atoms with Crippen LogP contribution < -0.4 is 0 Å². The number of hydrogen-bond acceptors (Lipinski definition) is 4. The molecular weight excluding hydrogens is 318 g/mol.